The fourth-order valence-electron chi connectivity index (χ4n) is 7.75. The highest BCUT2D eigenvalue weighted by atomic mass is 32.2. The summed E-state index contributed by atoms with van der Waals surface area (Å²) in [5.41, 5.74) is 23.8. The van der Waals surface area contributed by atoms with Crippen LogP contribution in [0.25, 0.3) is 30.7 Å². The van der Waals surface area contributed by atoms with Crippen LogP contribution in [0.4, 0.5) is 0 Å². The van der Waals surface area contributed by atoms with Gasteiger partial charge in [-0.2, -0.15) is 9.58 Å². The summed E-state index contributed by atoms with van der Waals surface area (Å²) in [4.78, 5) is 41.5. The van der Waals surface area contributed by atoms with E-state index in [4.69, 9.17) is 11.1 Å². The van der Waals surface area contributed by atoms with Crippen molar-refractivity contribution in [2.24, 2.45) is 0 Å². The molecule has 0 spiro atoms. The van der Waals surface area contributed by atoms with E-state index in [9.17, 15) is 56.5 Å². The van der Waals surface area contributed by atoms with Crippen LogP contribution >= 0.6 is 0 Å². The van der Waals surface area contributed by atoms with Crippen molar-refractivity contribution in [1.29, 1.82) is 0 Å². The minimum Gasteiger partial charge on any atom is -0.361 e. The molecule has 0 radical (unpaired) electrons. The number of fused-ring (bicyclic) bond motifs is 4. The summed E-state index contributed by atoms with van der Waals surface area (Å²) in [6, 6.07) is 27.1. The highest BCUT2D eigenvalue weighted by molar-refractivity contribution is 8.01. The molecule has 4 aromatic carbocycles. The lowest BCUT2D eigenvalue weighted by atomic mass is 9.92. The van der Waals surface area contributed by atoms with E-state index in [0.29, 0.717) is 67.1 Å². The second kappa shape index (κ2) is 23.4. The predicted molar refractivity (Wildman–Crippen MR) is 304 cm³/mol. The van der Waals surface area contributed by atoms with Gasteiger partial charge in [-0.1, -0.05) is 118 Å². The van der Waals surface area contributed by atoms with Gasteiger partial charge in [0.15, 0.2) is 66.5 Å². The Bertz CT molecular complexity index is 4070. The molecule has 0 bridgehead atoms. The van der Waals surface area contributed by atoms with Crippen molar-refractivity contribution in [3.63, 3.8) is 0 Å². The Hall–Kier alpha value is -8.46. The van der Waals surface area contributed by atoms with Crippen molar-refractivity contribution in [3.8, 4) is 0 Å². The fraction of sp³-hybridized carbons (Fsp3) is 0.0893. The van der Waals surface area contributed by atoms with Gasteiger partial charge in [-0.15, -0.1) is 0 Å². The number of rotatable bonds is 5. The Balaban J connectivity index is 0.000000180. The van der Waals surface area contributed by atoms with Gasteiger partial charge in [0.25, 0.3) is 0 Å². The molecule has 0 saturated heterocycles. The first kappa shape index (κ1) is 60.4. The zero-order valence-corrected chi connectivity index (χ0v) is 46.5. The molecule has 5 aliphatic carbocycles. The maximum atomic E-state index is 11.8. The normalized spacial score (nSPS) is 15.7. The van der Waals surface area contributed by atoms with Crippen molar-refractivity contribution in [2.75, 3.05) is 31.3 Å². The standard InChI is InChI=1S/2C12H10N2O2S.2C12H10O3S.C8H8O3S/c2*1-8-7-11(17(2,15)16)9-5-3-4-6-10(9)12(8)14-13;2*1-8-7-11(16(2,14)15)9-5-3-4-6-10(9)12(8)13;1-6-5-7(12(2,10)11)3-4-8(6)9/h2*3-7H,1H2,2H3;2*3-7H,1H2,2H3;3-5H,1H2,2H3. The van der Waals surface area contributed by atoms with Crippen molar-refractivity contribution in [3.05, 3.63) is 261 Å². The molecule has 0 atom stereocenters. The fourth-order valence-corrected chi connectivity index (χ4v) is 12.2. The lowest BCUT2D eigenvalue weighted by Gasteiger charge is -2.16. The number of carbonyl (C=O) groups is 3. The van der Waals surface area contributed by atoms with E-state index in [2.05, 4.69) is 42.5 Å². The highest BCUT2D eigenvalue weighted by Gasteiger charge is 2.32. The number of ketones is 3. The van der Waals surface area contributed by atoms with Crippen LogP contribution in [0.15, 0.2) is 205 Å². The van der Waals surface area contributed by atoms with Crippen molar-refractivity contribution in [2.45, 2.75) is 0 Å². The molecule has 0 saturated carbocycles. The summed E-state index contributed by atoms with van der Waals surface area (Å²) >= 11 is 0. The molecule has 4 aromatic rings. The second-order valence-corrected chi connectivity index (χ2v) is 27.5. The van der Waals surface area contributed by atoms with Gasteiger partial charge in [0.2, 0.25) is 0 Å². The molecule has 400 valence electrons. The van der Waals surface area contributed by atoms with Gasteiger partial charge in [0, 0.05) is 81.4 Å². The average Bonchev–Trinajstić information content (AvgIpc) is 3.42. The molecular weight excluding hydrogens is 1100 g/mol. The Morgan fingerprint density at radius 2 is 0.590 bits per heavy atom. The molecule has 0 amide bonds. The molecule has 0 N–H and O–H groups in total. The molecule has 22 heteroatoms. The Kier molecular flexibility index (Phi) is 18.1. The summed E-state index contributed by atoms with van der Waals surface area (Å²) in [5.74, 6) is -0.687. The first-order valence-corrected chi connectivity index (χ1v) is 31.8. The van der Waals surface area contributed by atoms with Gasteiger partial charge in [0.05, 0.1) is 46.8 Å². The molecule has 0 heterocycles. The largest absolute Gasteiger partial charge is 0.361 e. The molecule has 0 fully saturated rings. The summed E-state index contributed by atoms with van der Waals surface area (Å²) in [7, 11) is -16.6. The molecule has 78 heavy (non-hydrogen) atoms. The maximum Gasteiger partial charge on any atom is 0.329 e. The summed E-state index contributed by atoms with van der Waals surface area (Å²) < 4.78 is 115. The second-order valence-electron chi connectivity index (χ2n) is 17.5. The van der Waals surface area contributed by atoms with E-state index in [-0.39, 0.29) is 58.6 Å². The van der Waals surface area contributed by atoms with E-state index >= 15 is 0 Å². The van der Waals surface area contributed by atoms with Crippen LogP contribution in [0.5, 0.6) is 0 Å². The molecular formula is C56H48N4O13S5. The van der Waals surface area contributed by atoms with Gasteiger partial charge in [-0.3, -0.25) is 14.4 Å². The zero-order chi connectivity index (χ0) is 58.5. The average molecular weight is 1150 g/mol. The lowest BCUT2D eigenvalue weighted by molar-refractivity contribution is -0.111. The number of sulfone groups is 5. The van der Waals surface area contributed by atoms with Gasteiger partial charge in [-0.25, -0.2) is 42.1 Å². The first-order valence-electron chi connectivity index (χ1n) is 22.3. The van der Waals surface area contributed by atoms with Crippen LogP contribution in [0, 0.1) is 0 Å². The third-order valence-corrected chi connectivity index (χ3v) is 17.1. The number of hydrogen-bond donors (Lipinski definition) is 0. The first-order chi connectivity index (χ1) is 36.1. The SMILES string of the molecule is C=C1C=C(S(C)(=O)=O)C=CC1=O.C=C1C=C(S(C)(=O)=O)c2ccccc2C1=O.C=C1C=C(S(C)(=O)=O)c2ccccc2C1=O.C=C1C=C(S(C)(=O)=O)c2ccccc2C1=[N+]=[N-].C=C1C=C(S(C)(=O)=O)c2ccccc2C1=[N+]=[N-]. The summed E-state index contributed by atoms with van der Waals surface area (Å²) in [6.45, 7) is 17.9. The number of Topliss-reactive ketones (excluding diaryl/α,β-unsaturated/α-hetero) is 2. The van der Waals surface area contributed by atoms with E-state index in [0.717, 1.165) is 31.3 Å². The zero-order valence-electron chi connectivity index (χ0n) is 42.5. The third-order valence-electron chi connectivity index (χ3n) is 11.4. The molecule has 9 rings (SSSR count). The Morgan fingerprint density at radius 3 is 0.846 bits per heavy atom. The minimum atomic E-state index is -3.35. The van der Waals surface area contributed by atoms with Gasteiger partial charge in [0.1, 0.15) is 0 Å². The quantitative estimate of drug-likeness (QED) is 0.106. The number of nitrogens with zero attached hydrogens (tertiary/aromatic N) is 4. The summed E-state index contributed by atoms with van der Waals surface area (Å²) in [6.07, 6.45) is 14.9. The molecule has 0 unspecified atom stereocenters. The van der Waals surface area contributed by atoms with Crippen LogP contribution < -0.4 is 0 Å². The Morgan fingerprint density at radius 1 is 0.333 bits per heavy atom. The van der Waals surface area contributed by atoms with Crippen LogP contribution in [-0.4, -0.2) is 112 Å². The lowest BCUT2D eigenvalue weighted by Crippen LogP contribution is -2.15. The summed E-state index contributed by atoms with van der Waals surface area (Å²) in [5, 5.41) is 0. The third kappa shape index (κ3) is 13.9. The predicted octanol–water partition coefficient (Wildman–Crippen LogP) is 7.58. The van der Waals surface area contributed by atoms with Crippen LogP contribution in [0.3, 0.4) is 0 Å². The van der Waals surface area contributed by atoms with Crippen LogP contribution in [0.1, 0.15) is 54.1 Å². The maximum absolute atomic E-state index is 11.8. The van der Waals surface area contributed by atoms with E-state index in [1.807, 2.05) is 0 Å². The van der Waals surface area contributed by atoms with Gasteiger partial charge < -0.3 is 11.1 Å². The van der Waals surface area contributed by atoms with E-state index in [1.54, 1.807) is 97.1 Å². The number of allylic oxidation sites excluding steroid dienone is 12. The minimum absolute atomic E-state index is 0.132. The molecule has 17 nitrogen and oxygen atoms in total. The molecule has 5 aliphatic rings. The van der Waals surface area contributed by atoms with E-state index in [1.165, 1.54) is 42.5 Å². The molecule has 0 aromatic heterocycles. The number of carbonyl (C=O) groups excluding carboxylic acids is 3. The topological polar surface area (TPSA) is 295 Å². The van der Waals surface area contributed by atoms with Gasteiger partial charge >= 0.3 is 11.4 Å². The highest BCUT2D eigenvalue weighted by Crippen LogP contribution is 2.35. The number of benzene rings is 4. The smallest absolute Gasteiger partial charge is 0.329 e. The van der Waals surface area contributed by atoms with Gasteiger partial charge in [-0.05, 0) is 54.7 Å². The monoisotopic (exact) mass is 1140 g/mol. The van der Waals surface area contributed by atoms with Crippen molar-refractivity contribution < 1.29 is 66.1 Å². The van der Waals surface area contributed by atoms with Crippen LogP contribution in [0.2, 0.25) is 0 Å². The van der Waals surface area contributed by atoms with Crippen molar-refractivity contribution >= 4 is 97.6 Å². The molecule has 0 aliphatic heterocycles. The Labute approximate surface area is 452 Å². The number of hydrogen-bond acceptors (Lipinski definition) is 13. The van der Waals surface area contributed by atoms with Crippen molar-refractivity contribution in [1.82, 2.24) is 0 Å². The van der Waals surface area contributed by atoms with E-state index < -0.39 is 49.2 Å². The van der Waals surface area contributed by atoms with Crippen LogP contribution in [-0.2, 0) is 54.0 Å².